The molecule has 0 amide bonds. The van der Waals surface area contributed by atoms with E-state index in [0.717, 1.165) is 34.7 Å². The first-order valence-corrected chi connectivity index (χ1v) is 11.3. The van der Waals surface area contributed by atoms with Gasteiger partial charge in [0.15, 0.2) is 0 Å². The Morgan fingerprint density at radius 1 is 1.03 bits per heavy atom. The molecule has 0 spiro atoms. The molecule has 1 aliphatic rings. The summed E-state index contributed by atoms with van der Waals surface area (Å²) in [6, 6.07) is 5.71. The fraction of sp³-hybridized carbons (Fsp3) is 0.417. The van der Waals surface area contributed by atoms with Crippen molar-refractivity contribution in [1.29, 1.82) is 0 Å². The van der Waals surface area contributed by atoms with Gasteiger partial charge in [0, 0.05) is 47.9 Å². The van der Waals surface area contributed by atoms with Gasteiger partial charge in [-0.1, -0.05) is 37.0 Å². The highest BCUT2D eigenvalue weighted by molar-refractivity contribution is 6.41. The minimum Gasteiger partial charge on any atom is -0.495 e. The van der Waals surface area contributed by atoms with Crippen LogP contribution < -0.4 is 14.4 Å². The first-order chi connectivity index (χ1) is 14.9. The fourth-order valence-electron chi connectivity index (χ4n) is 3.54. The van der Waals surface area contributed by atoms with E-state index in [2.05, 4.69) is 23.0 Å². The smallest absolute Gasteiger partial charge is 0.141 e. The van der Waals surface area contributed by atoms with Gasteiger partial charge in [-0.15, -0.1) is 0 Å². The third kappa shape index (κ3) is 4.83. The average molecular weight is 462 g/mol. The zero-order valence-electron chi connectivity index (χ0n) is 18.9. The summed E-state index contributed by atoms with van der Waals surface area (Å²) < 4.78 is 10.9. The molecule has 1 fully saturated rings. The van der Waals surface area contributed by atoms with Crippen LogP contribution in [0.3, 0.4) is 0 Å². The van der Waals surface area contributed by atoms with Crippen LogP contribution in [0.1, 0.15) is 32.4 Å². The summed E-state index contributed by atoms with van der Waals surface area (Å²) in [6.45, 7) is 6.95. The van der Waals surface area contributed by atoms with Gasteiger partial charge in [-0.2, -0.15) is 0 Å². The van der Waals surface area contributed by atoms with Crippen LogP contribution in [0.25, 0.3) is 22.0 Å². The molecule has 0 N–H and O–H groups in total. The van der Waals surface area contributed by atoms with Crippen LogP contribution in [0.15, 0.2) is 24.4 Å². The van der Waals surface area contributed by atoms with Gasteiger partial charge >= 0.3 is 0 Å². The molecule has 0 aliphatic heterocycles. The third-order valence-electron chi connectivity index (χ3n) is 5.25. The first-order valence-electron chi connectivity index (χ1n) is 10.5. The molecule has 0 unspecified atom stereocenters. The van der Waals surface area contributed by atoms with Crippen molar-refractivity contribution in [3.63, 3.8) is 0 Å². The second kappa shape index (κ2) is 9.92. The number of benzene rings is 1. The molecule has 3 aromatic rings. The molecular weight excluding hydrogens is 433 g/mol. The largest absolute Gasteiger partial charge is 0.495 e. The predicted molar refractivity (Wildman–Crippen MR) is 130 cm³/mol. The molecule has 2 heterocycles. The quantitative estimate of drug-likeness (QED) is 0.403. The van der Waals surface area contributed by atoms with Crippen molar-refractivity contribution in [3.8, 4) is 22.8 Å². The molecule has 4 rings (SSSR count). The standard InChI is InChI=1S/C22H23Cl2N3O2.C2H6/c1-12-7-15-14(10-25-12)8-16(26-22(15)27(2)11-13-5-6-13)19-20(23)17(28-3)9-18(29-4)21(19)24;1-2/h7-10,13H,5-6,11H2,1-4H3;1-2H3. The minimum absolute atomic E-state index is 0.404. The van der Waals surface area contributed by atoms with Gasteiger partial charge in [-0.3, -0.25) is 4.98 Å². The van der Waals surface area contributed by atoms with Crippen molar-refractivity contribution >= 4 is 39.8 Å². The van der Waals surface area contributed by atoms with Crippen molar-refractivity contribution in [2.45, 2.75) is 33.6 Å². The number of methoxy groups -OCH3 is 2. The maximum Gasteiger partial charge on any atom is 0.141 e. The van der Waals surface area contributed by atoms with Crippen LogP contribution in [0.4, 0.5) is 5.82 Å². The Kier molecular flexibility index (Phi) is 7.50. The van der Waals surface area contributed by atoms with E-state index in [1.807, 2.05) is 33.0 Å². The van der Waals surface area contributed by atoms with E-state index in [9.17, 15) is 0 Å². The van der Waals surface area contributed by atoms with Crippen LogP contribution in [0, 0.1) is 12.8 Å². The summed E-state index contributed by atoms with van der Waals surface area (Å²) in [5, 5.41) is 2.85. The highest BCUT2D eigenvalue weighted by Gasteiger charge is 2.26. The molecule has 0 atom stereocenters. The van der Waals surface area contributed by atoms with E-state index < -0.39 is 0 Å². The number of fused-ring (bicyclic) bond motifs is 1. The minimum atomic E-state index is 0.404. The third-order valence-corrected chi connectivity index (χ3v) is 6.00. The molecule has 2 aromatic heterocycles. The Hall–Kier alpha value is -2.24. The Morgan fingerprint density at radius 2 is 1.65 bits per heavy atom. The number of hydrogen-bond donors (Lipinski definition) is 0. The van der Waals surface area contributed by atoms with Gasteiger partial charge < -0.3 is 14.4 Å². The molecule has 0 radical (unpaired) electrons. The molecule has 166 valence electrons. The summed E-state index contributed by atoms with van der Waals surface area (Å²) >= 11 is 13.3. The second-order valence-corrected chi connectivity index (χ2v) is 8.24. The van der Waals surface area contributed by atoms with E-state index in [-0.39, 0.29) is 0 Å². The Balaban J connectivity index is 0.00000132. The lowest BCUT2D eigenvalue weighted by molar-refractivity contribution is 0.395. The molecular formula is C24H29Cl2N3O2. The summed E-state index contributed by atoms with van der Waals surface area (Å²) in [4.78, 5) is 11.7. The molecule has 0 bridgehead atoms. The summed E-state index contributed by atoms with van der Waals surface area (Å²) in [5.41, 5.74) is 2.20. The summed E-state index contributed by atoms with van der Waals surface area (Å²) in [5.74, 6) is 2.59. The molecule has 1 aromatic carbocycles. The lowest BCUT2D eigenvalue weighted by Gasteiger charge is -2.22. The number of ether oxygens (including phenoxy) is 2. The number of hydrogen-bond acceptors (Lipinski definition) is 5. The average Bonchev–Trinajstić information content (AvgIpc) is 3.59. The van der Waals surface area contributed by atoms with Crippen molar-refractivity contribution in [1.82, 2.24) is 9.97 Å². The number of aryl methyl sites for hydroxylation is 1. The van der Waals surface area contributed by atoms with Crippen LogP contribution in [0.2, 0.25) is 10.0 Å². The lowest BCUT2D eigenvalue weighted by Crippen LogP contribution is -2.21. The molecule has 31 heavy (non-hydrogen) atoms. The van der Waals surface area contributed by atoms with Gasteiger partial charge in [0.1, 0.15) is 17.3 Å². The maximum atomic E-state index is 6.65. The Morgan fingerprint density at radius 3 is 2.19 bits per heavy atom. The Bertz CT molecular complexity index is 1060. The highest BCUT2D eigenvalue weighted by Crippen LogP contribution is 2.46. The van der Waals surface area contributed by atoms with Crippen molar-refractivity contribution in [2.75, 3.05) is 32.7 Å². The van der Waals surface area contributed by atoms with Gasteiger partial charge in [-0.05, 0) is 37.8 Å². The van der Waals surface area contributed by atoms with E-state index in [1.165, 1.54) is 12.8 Å². The second-order valence-electron chi connectivity index (χ2n) is 7.49. The maximum absolute atomic E-state index is 6.65. The number of anilines is 1. The van der Waals surface area contributed by atoms with Crippen molar-refractivity contribution in [2.24, 2.45) is 5.92 Å². The van der Waals surface area contributed by atoms with Crippen molar-refractivity contribution in [3.05, 3.63) is 40.1 Å². The van der Waals surface area contributed by atoms with Gasteiger partial charge in [0.25, 0.3) is 0 Å². The van der Waals surface area contributed by atoms with Gasteiger partial charge in [0.2, 0.25) is 0 Å². The van der Waals surface area contributed by atoms with E-state index >= 15 is 0 Å². The topological polar surface area (TPSA) is 47.5 Å². The first kappa shape index (κ1) is 23.4. The normalized spacial score (nSPS) is 12.9. The molecule has 1 aliphatic carbocycles. The highest BCUT2D eigenvalue weighted by atomic mass is 35.5. The molecule has 0 saturated heterocycles. The van der Waals surface area contributed by atoms with Crippen LogP contribution >= 0.6 is 23.2 Å². The summed E-state index contributed by atoms with van der Waals surface area (Å²) in [6.07, 6.45) is 4.41. The van der Waals surface area contributed by atoms with E-state index in [1.54, 1.807) is 20.3 Å². The van der Waals surface area contributed by atoms with E-state index in [4.69, 9.17) is 37.7 Å². The number of aromatic nitrogens is 2. The fourth-order valence-corrected chi connectivity index (χ4v) is 4.23. The van der Waals surface area contributed by atoms with Crippen molar-refractivity contribution < 1.29 is 9.47 Å². The monoisotopic (exact) mass is 461 g/mol. The predicted octanol–water partition coefficient (Wildman–Crippen LogP) is 6.80. The van der Waals surface area contributed by atoms with Gasteiger partial charge in [-0.25, -0.2) is 4.98 Å². The van der Waals surface area contributed by atoms with Gasteiger partial charge in [0.05, 0.1) is 30.0 Å². The number of nitrogens with zero attached hydrogens (tertiary/aromatic N) is 3. The SMILES string of the molecule is CC.COc1cc(OC)c(Cl)c(-c2cc3cnc(C)cc3c(N(C)CC3CC3)n2)c1Cl. The van der Waals surface area contributed by atoms with E-state index in [0.29, 0.717) is 32.8 Å². The molecule has 7 heteroatoms. The zero-order chi connectivity index (χ0) is 22.7. The van der Waals surface area contributed by atoms with Crippen LogP contribution in [0.5, 0.6) is 11.5 Å². The number of pyridine rings is 2. The lowest BCUT2D eigenvalue weighted by atomic mass is 10.1. The van der Waals surface area contributed by atoms with Crippen LogP contribution in [-0.2, 0) is 0 Å². The summed E-state index contributed by atoms with van der Waals surface area (Å²) in [7, 11) is 5.20. The Labute approximate surface area is 194 Å². The zero-order valence-corrected chi connectivity index (χ0v) is 20.4. The number of rotatable bonds is 6. The molecule has 5 nitrogen and oxygen atoms in total. The number of halogens is 2. The van der Waals surface area contributed by atoms with Crippen LogP contribution in [-0.4, -0.2) is 37.8 Å². The molecule has 1 saturated carbocycles.